The Morgan fingerprint density at radius 1 is 1.20 bits per heavy atom. The number of rotatable bonds is 5. The van der Waals surface area contributed by atoms with Gasteiger partial charge >= 0.3 is 0 Å². The first-order valence-corrected chi connectivity index (χ1v) is 8.65. The van der Waals surface area contributed by atoms with Crippen molar-refractivity contribution >= 4 is 39.7 Å². The Labute approximate surface area is 158 Å². The lowest BCUT2D eigenvalue weighted by atomic mass is 10.2. The second kappa shape index (κ2) is 8.09. The van der Waals surface area contributed by atoms with E-state index < -0.39 is 0 Å². The van der Waals surface area contributed by atoms with Crippen molar-refractivity contribution in [3.8, 4) is 0 Å². The fourth-order valence-corrected chi connectivity index (χ4v) is 2.59. The minimum absolute atomic E-state index is 0.299. The molecule has 2 aromatic carbocycles. The second-order valence-electron chi connectivity index (χ2n) is 5.25. The number of amides is 1. The average molecular weight is 418 g/mol. The van der Waals surface area contributed by atoms with E-state index in [9.17, 15) is 4.79 Å². The topological polar surface area (TPSA) is 59.3 Å². The minimum atomic E-state index is -0.377. The van der Waals surface area contributed by atoms with E-state index in [4.69, 9.17) is 11.6 Å². The van der Waals surface area contributed by atoms with E-state index in [1.807, 2.05) is 42.5 Å². The van der Waals surface area contributed by atoms with E-state index in [-0.39, 0.29) is 5.91 Å². The molecule has 1 amide bonds. The smallest absolute Gasteiger partial charge is 0.268 e. The second-order valence-corrected chi connectivity index (χ2v) is 6.57. The van der Waals surface area contributed by atoms with Crippen LogP contribution >= 0.6 is 27.5 Å². The van der Waals surface area contributed by atoms with Gasteiger partial charge in [0, 0.05) is 21.3 Å². The van der Waals surface area contributed by atoms with Gasteiger partial charge in [0.25, 0.3) is 5.91 Å². The van der Waals surface area contributed by atoms with Gasteiger partial charge in [-0.05, 0) is 29.8 Å². The van der Waals surface area contributed by atoms with Gasteiger partial charge in [0.15, 0.2) is 5.69 Å². The molecule has 0 aliphatic rings. The van der Waals surface area contributed by atoms with Crippen LogP contribution in [0.2, 0.25) is 5.02 Å². The Hall–Kier alpha value is -2.44. The maximum absolute atomic E-state index is 12.1. The predicted molar refractivity (Wildman–Crippen MR) is 102 cm³/mol. The molecule has 0 aliphatic heterocycles. The van der Waals surface area contributed by atoms with Gasteiger partial charge in [0.2, 0.25) is 0 Å². The molecule has 0 bridgehead atoms. The van der Waals surface area contributed by atoms with Crippen LogP contribution in [-0.2, 0) is 6.54 Å². The Morgan fingerprint density at radius 2 is 1.96 bits per heavy atom. The lowest BCUT2D eigenvalue weighted by molar-refractivity contribution is 0.0949. The van der Waals surface area contributed by atoms with E-state index in [0.29, 0.717) is 17.3 Å². The van der Waals surface area contributed by atoms with Crippen LogP contribution < -0.4 is 5.43 Å². The van der Waals surface area contributed by atoms with Crippen molar-refractivity contribution in [1.29, 1.82) is 0 Å². The Morgan fingerprint density at radius 3 is 2.72 bits per heavy atom. The third-order valence-corrected chi connectivity index (χ3v) is 4.28. The van der Waals surface area contributed by atoms with Crippen molar-refractivity contribution < 1.29 is 4.79 Å². The van der Waals surface area contributed by atoms with Gasteiger partial charge in [-0.2, -0.15) is 10.2 Å². The van der Waals surface area contributed by atoms with Gasteiger partial charge < -0.3 is 0 Å². The van der Waals surface area contributed by atoms with Gasteiger partial charge in [0.1, 0.15) is 0 Å². The molecule has 7 heteroatoms. The van der Waals surface area contributed by atoms with Gasteiger partial charge in [-0.1, -0.05) is 57.9 Å². The van der Waals surface area contributed by atoms with E-state index in [2.05, 4.69) is 31.6 Å². The highest BCUT2D eigenvalue weighted by Crippen LogP contribution is 2.12. The SMILES string of the molecule is O=C(N/N=C/c1ccccc1Cl)c1ccn(Cc2ccc(Br)cc2)n1. The highest BCUT2D eigenvalue weighted by molar-refractivity contribution is 9.10. The van der Waals surface area contributed by atoms with Crippen molar-refractivity contribution in [2.24, 2.45) is 5.10 Å². The summed E-state index contributed by atoms with van der Waals surface area (Å²) < 4.78 is 2.73. The largest absolute Gasteiger partial charge is 0.291 e. The molecule has 126 valence electrons. The third-order valence-electron chi connectivity index (χ3n) is 3.41. The summed E-state index contributed by atoms with van der Waals surface area (Å²) in [4.78, 5) is 12.1. The fraction of sp³-hybridized carbons (Fsp3) is 0.0556. The van der Waals surface area contributed by atoms with Crippen LogP contribution in [0, 0.1) is 0 Å². The van der Waals surface area contributed by atoms with Crippen molar-refractivity contribution in [3.05, 3.63) is 87.1 Å². The summed E-state index contributed by atoms with van der Waals surface area (Å²) in [7, 11) is 0. The monoisotopic (exact) mass is 416 g/mol. The van der Waals surface area contributed by atoms with Crippen molar-refractivity contribution in [1.82, 2.24) is 15.2 Å². The van der Waals surface area contributed by atoms with Crippen molar-refractivity contribution in [3.63, 3.8) is 0 Å². The van der Waals surface area contributed by atoms with Crippen LogP contribution in [0.25, 0.3) is 0 Å². The molecule has 5 nitrogen and oxygen atoms in total. The summed E-state index contributed by atoms with van der Waals surface area (Å²) in [6, 6.07) is 16.8. The highest BCUT2D eigenvalue weighted by Gasteiger charge is 2.08. The van der Waals surface area contributed by atoms with Gasteiger partial charge in [0.05, 0.1) is 12.8 Å². The number of benzene rings is 2. The molecule has 0 atom stereocenters. The summed E-state index contributed by atoms with van der Waals surface area (Å²) in [5, 5.41) is 8.75. The molecule has 1 aromatic heterocycles. The zero-order valence-corrected chi connectivity index (χ0v) is 15.4. The molecule has 0 radical (unpaired) electrons. The molecule has 0 unspecified atom stereocenters. The lowest BCUT2D eigenvalue weighted by Crippen LogP contribution is -2.18. The molecule has 1 N–H and O–H groups in total. The lowest BCUT2D eigenvalue weighted by Gasteiger charge is -2.02. The molecule has 0 aliphatic carbocycles. The third kappa shape index (κ3) is 4.78. The summed E-state index contributed by atoms with van der Waals surface area (Å²) in [5.74, 6) is -0.377. The first-order chi connectivity index (χ1) is 12.1. The van der Waals surface area contributed by atoms with Crippen LogP contribution in [0.15, 0.2) is 70.4 Å². The van der Waals surface area contributed by atoms with E-state index in [1.54, 1.807) is 23.0 Å². The number of nitrogens with zero attached hydrogens (tertiary/aromatic N) is 3. The Balaban J connectivity index is 1.60. The number of carbonyl (C=O) groups excluding carboxylic acids is 1. The zero-order chi connectivity index (χ0) is 17.6. The summed E-state index contributed by atoms with van der Waals surface area (Å²) in [6.07, 6.45) is 3.26. The van der Waals surface area contributed by atoms with E-state index in [0.717, 1.165) is 15.6 Å². The van der Waals surface area contributed by atoms with Gasteiger partial charge in [-0.3, -0.25) is 9.48 Å². The predicted octanol–water partition coefficient (Wildman–Crippen LogP) is 4.11. The summed E-state index contributed by atoms with van der Waals surface area (Å²) in [5.41, 5.74) is 4.57. The number of halogens is 2. The number of hydrogen-bond donors (Lipinski definition) is 1. The number of hydrogen-bond acceptors (Lipinski definition) is 3. The molecule has 3 aromatic rings. The Kier molecular flexibility index (Phi) is 5.63. The molecule has 25 heavy (non-hydrogen) atoms. The molecular weight excluding hydrogens is 404 g/mol. The Bertz CT molecular complexity index is 905. The number of nitrogens with one attached hydrogen (secondary N) is 1. The summed E-state index contributed by atoms with van der Waals surface area (Å²) >= 11 is 9.43. The fourth-order valence-electron chi connectivity index (χ4n) is 2.15. The highest BCUT2D eigenvalue weighted by atomic mass is 79.9. The number of carbonyl (C=O) groups is 1. The summed E-state index contributed by atoms with van der Waals surface area (Å²) in [6.45, 7) is 0.587. The van der Waals surface area contributed by atoms with Gasteiger partial charge in [-0.15, -0.1) is 0 Å². The molecular formula is C18H14BrClN4O. The molecule has 0 saturated heterocycles. The molecule has 0 saturated carbocycles. The molecule has 0 fully saturated rings. The van der Waals surface area contributed by atoms with Crippen LogP contribution in [-0.4, -0.2) is 21.9 Å². The van der Waals surface area contributed by atoms with Crippen molar-refractivity contribution in [2.75, 3.05) is 0 Å². The standard InChI is InChI=1S/C18H14BrClN4O/c19-15-7-5-13(6-8-15)12-24-10-9-17(23-24)18(25)22-21-11-14-3-1-2-4-16(14)20/h1-11H,12H2,(H,22,25)/b21-11+. The van der Waals surface area contributed by atoms with Crippen LogP contribution in [0.4, 0.5) is 0 Å². The van der Waals surface area contributed by atoms with Crippen molar-refractivity contribution in [2.45, 2.75) is 6.54 Å². The first-order valence-electron chi connectivity index (χ1n) is 7.47. The number of aromatic nitrogens is 2. The van der Waals surface area contributed by atoms with Gasteiger partial charge in [-0.25, -0.2) is 5.43 Å². The molecule has 0 spiro atoms. The van der Waals surface area contributed by atoms with E-state index >= 15 is 0 Å². The quantitative estimate of drug-likeness (QED) is 0.502. The van der Waals surface area contributed by atoms with E-state index in [1.165, 1.54) is 6.21 Å². The number of hydrazone groups is 1. The van der Waals surface area contributed by atoms with Crippen LogP contribution in [0.5, 0.6) is 0 Å². The molecule has 3 rings (SSSR count). The maximum Gasteiger partial charge on any atom is 0.291 e. The zero-order valence-electron chi connectivity index (χ0n) is 13.1. The molecule has 1 heterocycles. The first kappa shape index (κ1) is 17.4. The normalized spacial score (nSPS) is 11.0. The average Bonchev–Trinajstić information content (AvgIpc) is 3.07. The van der Waals surface area contributed by atoms with Crippen LogP contribution in [0.3, 0.4) is 0 Å². The maximum atomic E-state index is 12.1. The van der Waals surface area contributed by atoms with Crippen LogP contribution in [0.1, 0.15) is 21.6 Å². The minimum Gasteiger partial charge on any atom is -0.268 e.